The van der Waals surface area contributed by atoms with Gasteiger partial charge in [-0.25, -0.2) is 0 Å². The van der Waals surface area contributed by atoms with E-state index >= 15 is 0 Å². The van der Waals surface area contributed by atoms with E-state index in [-0.39, 0.29) is 22.9 Å². The van der Waals surface area contributed by atoms with Crippen LogP contribution in [-0.4, -0.2) is 9.85 Å². The number of hydrogen-bond donors (Lipinski definition) is 0. The first-order chi connectivity index (χ1) is 10.1. The maximum absolute atomic E-state index is 10.4. The van der Waals surface area contributed by atoms with Gasteiger partial charge in [0.2, 0.25) is 0 Å². The molecule has 2 rings (SSSR count). The van der Waals surface area contributed by atoms with Crippen molar-refractivity contribution >= 4 is 11.4 Å². The lowest BCUT2D eigenvalue weighted by molar-refractivity contribution is -0.411. The van der Waals surface area contributed by atoms with Crippen molar-refractivity contribution in [3.8, 4) is 11.5 Å². The average Bonchev–Trinajstić information content (AvgIpc) is 2.48. The van der Waals surface area contributed by atoms with Crippen LogP contribution >= 0.6 is 0 Å². The Morgan fingerprint density at radius 2 is 1.00 bits per heavy atom. The first-order valence-corrected chi connectivity index (χ1v) is 5.56. The molecule has 0 fully saturated rings. The predicted molar refractivity (Wildman–Crippen MR) is 68.5 cm³/mol. The fourth-order valence-electron chi connectivity index (χ4n) is 1.34. The van der Waals surface area contributed by atoms with Gasteiger partial charge in [0.15, 0.2) is 11.5 Å². The van der Waals surface area contributed by atoms with Gasteiger partial charge in [-0.2, -0.15) is 0 Å². The number of nitro groups is 2. The third kappa shape index (κ3) is 3.88. The molecule has 9 heteroatoms. The van der Waals surface area contributed by atoms with E-state index in [1.807, 2.05) is 0 Å². The maximum Gasteiger partial charge on any atom is 0.269 e. The van der Waals surface area contributed by atoms with E-state index in [4.69, 9.17) is 9.78 Å². The van der Waals surface area contributed by atoms with Crippen molar-refractivity contribution in [2.24, 2.45) is 0 Å². The van der Waals surface area contributed by atoms with E-state index in [1.54, 1.807) is 0 Å². The number of non-ortho nitro benzene ring substituents is 2. The van der Waals surface area contributed by atoms with Crippen LogP contribution in [0.1, 0.15) is 0 Å². The highest BCUT2D eigenvalue weighted by atomic mass is 17.5. The number of rotatable bonds is 6. The molecule has 0 unspecified atom stereocenters. The Hall–Kier alpha value is -3.20. The van der Waals surface area contributed by atoms with E-state index < -0.39 is 9.85 Å². The van der Waals surface area contributed by atoms with Crippen molar-refractivity contribution in [3.63, 3.8) is 0 Å². The molecule has 0 saturated heterocycles. The summed E-state index contributed by atoms with van der Waals surface area (Å²) >= 11 is 0. The molecule has 0 N–H and O–H groups in total. The molecule has 21 heavy (non-hydrogen) atoms. The average molecular weight is 292 g/mol. The fourth-order valence-corrected chi connectivity index (χ4v) is 1.34. The van der Waals surface area contributed by atoms with E-state index in [1.165, 1.54) is 48.5 Å². The summed E-state index contributed by atoms with van der Waals surface area (Å²) < 4.78 is 0. The first-order valence-electron chi connectivity index (χ1n) is 5.56. The molecule has 0 spiro atoms. The van der Waals surface area contributed by atoms with Gasteiger partial charge in [0.1, 0.15) is 0 Å². The molecule has 0 aliphatic heterocycles. The van der Waals surface area contributed by atoms with Crippen molar-refractivity contribution in [2.75, 3.05) is 0 Å². The molecule has 0 heterocycles. The zero-order valence-corrected chi connectivity index (χ0v) is 10.4. The normalized spacial score (nSPS) is 9.90. The monoisotopic (exact) mass is 292 g/mol. The molecule has 2 aromatic carbocycles. The predicted octanol–water partition coefficient (Wildman–Crippen LogP) is 2.81. The molecule has 0 atom stereocenters. The molecule has 0 bridgehead atoms. The Morgan fingerprint density at radius 1 is 0.667 bits per heavy atom. The molecule has 108 valence electrons. The number of benzene rings is 2. The Bertz CT molecular complexity index is 582. The van der Waals surface area contributed by atoms with Crippen molar-refractivity contribution in [1.82, 2.24) is 0 Å². The van der Waals surface area contributed by atoms with E-state index in [0.29, 0.717) is 0 Å². The van der Waals surface area contributed by atoms with Crippen LogP contribution in [0.5, 0.6) is 11.5 Å². The Kier molecular flexibility index (Phi) is 4.26. The lowest BCUT2D eigenvalue weighted by atomic mass is 10.3. The second-order valence-corrected chi connectivity index (χ2v) is 3.74. The number of hydrogen-bond acceptors (Lipinski definition) is 7. The zero-order chi connectivity index (χ0) is 15.2. The molecule has 9 nitrogen and oxygen atoms in total. The van der Waals surface area contributed by atoms with Crippen molar-refractivity contribution in [1.29, 1.82) is 0 Å². The van der Waals surface area contributed by atoms with Gasteiger partial charge in [0.05, 0.1) is 9.85 Å². The highest BCUT2D eigenvalue weighted by molar-refractivity contribution is 5.36. The lowest BCUT2D eigenvalue weighted by Gasteiger charge is -2.04. The van der Waals surface area contributed by atoms with Gasteiger partial charge in [-0.3, -0.25) is 30.0 Å². The van der Waals surface area contributed by atoms with Crippen LogP contribution in [0.15, 0.2) is 48.5 Å². The first kappa shape index (κ1) is 14.2. The molecular formula is C12H8N2O7. The molecule has 0 radical (unpaired) electrons. The largest absolute Gasteiger partial charge is 0.299 e. The molecular weight excluding hydrogens is 284 g/mol. The SMILES string of the molecule is O=[N+]([O-])c1ccc(OOOc2ccc([N+](=O)[O-])cc2)cc1. The van der Waals surface area contributed by atoms with Crippen molar-refractivity contribution in [2.45, 2.75) is 0 Å². The Balaban J connectivity index is 1.86. The molecule has 0 aromatic heterocycles. The van der Waals surface area contributed by atoms with E-state index in [9.17, 15) is 20.2 Å². The van der Waals surface area contributed by atoms with Crippen LogP contribution in [0.4, 0.5) is 11.4 Å². The smallest absolute Gasteiger partial charge is 0.269 e. The minimum atomic E-state index is -0.544. The van der Waals surface area contributed by atoms with Crippen LogP contribution in [0.2, 0.25) is 0 Å². The van der Waals surface area contributed by atoms with E-state index in [2.05, 4.69) is 5.04 Å². The summed E-state index contributed by atoms with van der Waals surface area (Å²) in [6, 6.07) is 10.3. The second-order valence-electron chi connectivity index (χ2n) is 3.74. The minimum absolute atomic E-state index is 0.0846. The van der Waals surface area contributed by atoms with Gasteiger partial charge < -0.3 is 0 Å². The Morgan fingerprint density at radius 3 is 1.29 bits per heavy atom. The summed E-state index contributed by atoms with van der Waals surface area (Å²) in [6.45, 7) is 0. The topological polar surface area (TPSA) is 114 Å². The van der Waals surface area contributed by atoms with Gasteiger partial charge in [-0.1, -0.05) is 0 Å². The minimum Gasteiger partial charge on any atom is -0.299 e. The molecule has 0 aliphatic rings. The number of nitro benzene ring substituents is 2. The summed E-state index contributed by atoms with van der Waals surface area (Å²) in [7, 11) is 0. The maximum atomic E-state index is 10.4. The highest BCUT2D eigenvalue weighted by Gasteiger charge is 2.07. The fraction of sp³-hybridized carbons (Fsp3) is 0. The van der Waals surface area contributed by atoms with Gasteiger partial charge in [0.25, 0.3) is 11.4 Å². The molecule has 0 amide bonds. The summed E-state index contributed by atoms with van der Waals surface area (Å²) in [5.41, 5.74) is -0.169. The quantitative estimate of drug-likeness (QED) is 0.456. The summed E-state index contributed by atoms with van der Waals surface area (Å²) in [4.78, 5) is 29.3. The third-order valence-electron chi connectivity index (χ3n) is 2.36. The summed E-state index contributed by atoms with van der Waals surface area (Å²) in [5, 5.41) is 25.4. The highest BCUT2D eigenvalue weighted by Crippen LogP contribution is 2.20. The van der Waals surface area contributed by atoms with Crippen LogP contribution in [0.3, 0.4) is 0 Å². The Labute approximate surface area is 117 Å². The van der Waals surface area contributed by atoms with Crippen molar-refractivity contribution in [3.05, 3.63) is 68.8 Å². The summed E-state index contributed by atoms with van der Waals surface area (Å²) in [6.07, 6.45) is 0. The summed E-state index contributed by atoms with van der Waals surface area (Å²) in [5.74, 6) is 0.394. The van der Waals surface area contributed by atoms with Crippen LogP contribution < -0.4 is 9.78 Å². The van der Waals surface area contributed by atoms with E-state index in [0.717, 1.165) is 0 Å². The number of nitrogens with zero attached hydrogens (tertiary/aromatic N) is 2. The molecule has 0 aliphatic carbocycles. The van der Waals surface area contributed by atoms with Gasteiger partial charge in [0, 0.05) is 29.3 Å². The molecule has 0 saturated carbocycles. The van der Waals surface area contributed by atoms with Crippen LogP contribution in [0, 0.1) is 20.2 Å². The van der Waals surface area contributed by atoms with Crippen molar-refractivity contribution < 1.29 is 24.7 Å². The van der Waals surface area contributed by atoms with Crippen LogP contribution in [0.25, 0.3) is 0 Å². The standard InChI is InChI=1S/C12H8N2O7/c15-13(16)9-1-5-11(6-2-9)19-21-20-12-7-3-10(4-8-12)14(17)18/h1-8H. The van der Waals surface area contributed by atoms with Gasteiger partial charge in [-0.05, 0) is 24.3 Å². The second kappa shape index (κ2) is 6.30. The van der Waals surface area contributed by atoms with Gasteiger partial charge in [-0.15, -0.1) is 0 Å². The lowest BCUT2D eigenvalue weighted by Crippen LogP contribution is -2.02. The molecule has 2 aromatic rings. The zero-order valence-electron chi connectivity index (χ0n) is 10.4. The van der Waals surface area contributed by atoms with Gasteiger partial charge >= 0.3 is 0 Å². The third-order valence-corrected chi connectivity index (χ3v) is 2.36. The van der Waals surface area contributed by atoms with Crippen LogP contribution in [-0.2, 0) is 5.04 Å².